The summed E-state index contributed by atoms with van der Waals surface area (Å²) in [5, 5.41) is 5.44. The highest BCUT2D eigenvalue weighted by molar-refractivity contribution is 6.35. The summed E-state index contributed by atoms with van der Waals surface area (Å²) in [6, 6.07) is 3.88. The van der Waals surface area contributed by atoms with Gasteiger partial charge in [-0.05, 0) is 26.0 Å². The van der Waals surface area contributed by atoms with Gasteiger partial charge in [-0.2, -0.15) is 5.10 Å². The number of hydrogen-bond acceptors (Lipinski definition) is 2. The summed E-state index contributed by atoms with van der Waals surface area (Å²) in [4.78, 5) is 4.18. The molecule has 2 aromatic rings. The first kappa shape index (κ1) is 11.4. The summed E-state index contributed by atoms with van der Waals surface area (Å²) < 4.78 is 1.86. The van der Waals surface area contributed by atoms with Crippen molar-refractivity contribution in [1.82, 2.24) is 14.8 Å². The van der Waals surface area contributed by atoms with Gasteiger partial charge in [0.25, 0.3) is 0 Å². The lowest BCUT2D eigenvalue weighted by Gasteiger charge is -2.04. The number of halogens is 2. The normalized spacial score (nSPS) is 11.1. The third kappa shape index (κ3) is 2.20. The molecule has 3 nitrogen and oxygen atoms in total. The zero-order valence-electron chi connectivity index (χ0n) is 8.98. The fourth-order valence-corrected chi connectivity index (χ4v) is 1.83. The third-order valence-electron chi connectivity index (χ3n) is 2.19. The Labute approximate surface area is 104 Å². The average Bonchev–Trinajstić information content (AvgIpc) is 2.66. The minimum Gasteiger partial charge on any atom is -0.270 e. The van der Waals surface area contributed by atoms with Crippen molar-refractivity contribution in [2.75, 3.05) is 0 Å². The van der Waals surface area contributed by atoms with Crippen LogP contribution in [0.25, 0.3) is 11.4 Å². The first-order valence-corrected chi connectivity index (χ1v) is 5.70. The zero-order chi connectivity index (χ0) is 11.7. The third-order valence-corrected chi connectivity index (χ3v) is 2.68. The molecule has 0 aliphatic heterocycles. The molecule has 2 rings (SSSR count). The van der Waals surface area contributed by atoms with Crippen molar-refractivity contribution < 1.29 is 0 Å². The molecular formula is C11H11Cl2N3. The van der Waals surface area contributed by atoms with E-state index in [1.54, 1.807) is 12.3 Å². The van der Waals surface area contributed by atoms with Gasteiger partial charge in [-0.15, -0.1) is 0 Å². The van der Waals surface area contributed by atoms with Crippen LogP contribution in [0.15, 0.2) is 24.5 Å². The summed E-state index contributed by atoms with van der Waals surface area (Å²) in [5.41, 5.74) is 1.42. The number of rotatable bonds is 2. The predicted molar refractivity (Wildman–Crippen MR) is 65.9 cm³/mol. The van der Waals surface area contributed by atoms with Gasteiger partial charge in [0.15, 0.2) is 0 Å². The maximum absolute atomic E-state index is 6.06. The van der Waals surface area contributed by atoms with Crippen LogP contribution in [0.5, 0.6) is 0 Å². The second-order valence-electron chi connectivity index (χ2n) is 3.76. The Balaban J connectivity index is 2.42. The Morgan fingerprint density at radius 1 is 1.31 bits per heavy atom. The van der Waals surface area contributed by atoms with Gasteiger partial charge in [-0.25, -0.2) is 0 Å². The average molecular weight is 256 g/mol. The Hall–Kier alpha value is -1.06. The van der Waals surface area contributed by atoms with Gasteiger partial charge in [-0.3, -0.25) is 9.67 Å². The number of hydrogen-bond donors (Lipinski definition) is 0. The Morgan fingerprint density at radius 2 is 2.06 bits per heavy atom. The van der Waals surface area contributed by atoms with E-state index in [-0.39, 0.29) is 0 Å². The molecule has 0 aliphatic carbocycles. The summed E-state index contributed by atoms with van der Waals surface area (Å²) in [6.45, 7) is 4.13. The van der Waals surface area contributed by atoms with Crippen LogP contribution in [0, 0.1) is 0 Å². The molecule has 0 saturated carbocycles. The van der Waals surface area contributed by atoms with Gasteiger partial charge in [0, 0.05) is 18.4 Å². The molecule has 0 aliphatic rings. The lowest BCUT2D eigenvalue weighted by molar-refractivity contribution is 0.534. The van der Waals surface area contributed by atoms with Crippen molar-refractivity contribution in [1.29, 1.82) is 0 Å². The first-order valence-electron chi connectivity index (χ1n) is 4.94. The molecule has 0 radical (unpaired) electrons. The van der Waals surface area contributed by atoms with Crippen LogP contribution >= 0.6 is 23.2 Å². The molecule has 0 N–H and O–H groups in total. The van der Waals surface area contributed by atoms with E-state index >= 15 is 0 Å². The van der Waals surface area contributed by atoms with Crippen molar-refractivity contribution in [3.63, 3.8) is 0 Å². The molecule has 84 valence electrons. The highest BCUT2D eigenvalue weighted by Crippen LogP contribution is 2.26. The van der Waals surface area contributed by atoms with E-state index in [9.17, 15) is 0 Å². The molecule has 2 heterocycles. The zero-order valence-corrected chi connectivity index (χ0v) is 10.5. The monoisotopic (exact) mass is 255 g/mol. The Kier molecular flexibility index (Phi) is 3.17. The van der Waals surface area contributed by atoms with Crippen LogP contribution in [0.1, 0.15) is 19.9 Å². The second kappa shape index (κ2) is 4.44. The van der Waals surface area contributed by atoms with Crippen molar-refractivity contribution in [2.45, 2.75) is 19.9 Å². The molecule has 0 spiro atoms. The van der Waals surface area contributed by atoms with Crippen LogP contribution in [-0.4, -0.2) is 14.8 Å². The van der Waals surface area contributed by atoms with E-state index < -0.39 is 0 Å². The van der Waals surface area contributed by atoms with Crippen LogP contribution in [0.3, 0.4) is 0 Å². The van der Waals surface area contributed by atoms with Crippen molar-refractivity contribution in [3.05, 3.63) is 34.6 Å². The van der Waals surface area contributed by atoms with Gasteiger partial charge in [0.1, 0.15) is 11.4 Å². The second-order valence-corrected chi connectivity index (χ2v) is 4.60. The molecule has 0 aromatic carbocycles. The van der Waals surface area contributed by atoms with Crippen molar-refractivity contribution in [3.8, 4) is 11.4 Å². The molecule has 0 unspecified atom stereocenters. The minimum atomic E-state index is 0.319. The van der Waals surface area contributed by atoms with Gasteiger partial charge < -0.3 is 0 Å². The maximum atomic E-state index is 6.06. The van der Waals surface area contributed by atoms with Gasteiger partial charge in [0.05, 0.1) is 10.0 Å². The van der Waals surface area contributed by atoms with E-state index in [0.717, 1.165) is 5.69 Å². The SMILES string of the molecule is CC(C)n1ccc(-c2ncc(Cl)cc2Cl)n1. The van der Waals surface area contributed by atoms with E-state index in [0.29, 0.717) is 21.8 Å². The summed E-state index contributed by atoms with van der Waals surface area (Å²) >= 11 is 11.8. The van der Waals surface area contributed by atoms with E-state index in [4.69, 9.17) is 23.2 Å². The predicted octanol–water partition coefficient (Wildman–Crippen LogP) is 3.83. The van der Waals surface area contributed by atoms with Crippen LogP contribution in [-0.2, 0) is 0 Å². The number of pyridine rings is 1. The minimum absolute atomic E-state index is 0.319. The molecule has 0 fully saturated rings. The molecule has 0 bridgehead atoms. The number of nitrogens with zero attached hydrogens (tertiary/aromatic N) is 3. The lowest BCUT2D eigenvalue weighted by atomic mass is 10.3. The van der Waals surface area contributed by atoms with Gasteiger partial charge >= 0.3 is 0 Å². The van der Waals surface area contributed by atoms with E-state index in [1.165, 1.54) is 0 Å². The van der Waals surface area contributed by atoms with Gasteiger partial charge in [0.2, 0.25) is 0 Å². The molecular weight excluding hydrogens is 245 g/mol. The molecule has 0 atom stereocenters. The standard InChI is InChI=1S/C11H11Cl2N3/c1-7(2)16-4-3-10(15-16)11-9(13)5-8(12)6-14-11/h3-7H,1-2H3. The Bertz CT molecular complexity index is 506. The quantitative estimate of drug-likeness (QED) is 0.817. The lowest BCUT2D eigenvalue weighted by Crippen LogP contribution is -2.01. The molecule has 16 heavy (non-hydrogen) atoms. The fourth-order valence-electron chi connectivity index (χ4n) is 1.35. The van der Waals surface area contributed by atoms with E-state index in [1.807, 2.05) is 16.9 Å². The van der Waals surface area contributed by atoms with Crippen LogP contribution in [0.4, 0.5) is 0 Å². The first-order chi connectivity index (χ1) is 7.58. The van der Waals surface area contributed by atoms with E-state index in [2.05, 4.69) is 23.9 Å². The highest BCUT2D eigenvalue weighted by Gasteiger charge is 2.10. The molecule has 0 amide bonds. The van der Waals surface area contributed by atoms with Crippen molar-refractivity contribution in [2.24, 2.45) is 0 Å². The topological polar surface area (TPSA) is 30.7 Å². The van der Waals surface area contributed by atoms with Crippen LogP contribution in [0.2, 0.25) is 10.0 Å². The summed E-state index contributed by atoms with van der Waals surface area (Å²) in [6.07, 6.45) is 3.48. The summed E-state index contributed by atoms with van der Waals surface area (Å²) in [7, 11) is 0. The molecule has 0 saturated heterocycles. The summed E-state index contributed by atoms with van der Waals surface area (Å²) in [5.74, 6) is 0. The largest absolute Gasteiger partial charge is 0.270 e. The number of aromatic nitrogens is 3. The molecule has 2 aromatic heterocycles. The highest BCUT2D eigenvalue weighted by atomic mass is 35.5. The smallest absolute Gasteiger partial charge is 0.112 e. The maximum Gasteiger partial charge on any atom is 0.112 e. The van der Waals surface area contributed by atoms with Crippen LogP contribution < -0.4 is 0 Å². The van der Waals surface area contributed by atoms with Crippen molar-refractivity contribution >= 4 is 23.2 Å². The molecule has 5 heteroatoms. The fraction of sp³-hybridized carbons (Fsp3) is 0.273. The van der Waals surface area contributed by atoms with Gasteiger partial charge in [-0.1, -0.05) is 23.2 Å². The Morgan fingerprint density at radius 3 is 2.62 bits per heavy atom.